The largest absolute Gasteiger partial charge is 0.465 e. The highest BCUT2D eigenvalue weighted by Crippen LogP contribution is 2.11. The van der Waals surface area contributed by atoms with Gasteiger partial charge in [-0.15, -0.1) is 0 Å². The van der Waals surface area contributed by atoms with Crippen molar-refractivity contribution in [2.45, 2.75) is 52.6 Å². The number of amides is 2. The highest BCUT2D eigenvalue weighted by atomic mass is 16.6. The van der Waals surface area contributed by atoms with E-state index in [1.54, 1.807) is 20.8 Å². The van der Waals surface area contributed by atoms with Gasteiger partial charge in [-0.2, -0.15) is 0 Å². The van der Waals surface area contributed by atoms with Crippen LogP contribution in [0.15, 0.2) is 0 Å². The van der Waals surface area contributed by atoms with Crippen molar-refractivity contribution in [2.75, 3.05) is 6.54 Å². The van der Waals surface area contributed by atoms with Crippen LogP contribution in [0, 0.1) is 0 Å². The summed E-state index contributed by atoms with van der Waals surface area (Å²) in [6.07, 6.45) is 0.484. The second-order valence-corrected chi connectivity index (χ2v) is 4.62. The lowest BCUT2D eigenvalue weighted by Gasteiger charge is -2.24. The molecule has 2 amide bonds. The Morgan fingerprint density at radius 1 is 1.25 bits per heavy atom. The molecule has 0 aliphatic heterocycles. The van der Waals surface area contributed by atoms with Crippen molar-refractivity contribution >= 4 is 12.2 Å². The summed E-state index contributed by atoms with van der Waals surface area (Å²) < 4.78 is 5.00. The summed E-state index contributed by atoms with van der Waals surface area (Å²) in [5.41, 5.74) is -0.671. The maximum atomic E-state index is 11.5. The fraction of sp³-hybridized carbons (Fsp3) is 0.818. The van der Waals surface area contributed by atoms with Crippen LogP contribution in [0.3, 0.4) is 0 Å². The van der Waals surface area contributed by atoms with Gasteiger partial charge in [-0.1, -0.05) is 19.8 Å². The third-order valence-corrected chi connectivity index (χ3v) is 1.83. The molecule has 0 saturated heterocycles. The van der Waals surface area contributed by atoms with Crippen LogP contribution in [0.5, 0.6) is 0 Å². The SMILES string of the molecule is CCCCCN(C(=O)O)C(=O)OC(C)(C)C. The molecule has 94 valence electrons. The topological polar surface area (TPSA) is 66.8 Å². The zero-order valence-corrected chi connectivity index (χ0v) is 10.4. The van der Waals surface area contributed by atoms with Gasteiger partial charge in [-0.25, -0.2) is 14.5 Å². The molecule has 0 aliphatic rings. The molecular weight excluding hydrogens is 210 g/mol. The summed E-state index contributed by atoms with van der Waals surface area (Å²) in [6, 6.07) is 0. The molecule has 5 nitrogen and oxygen atoms in total. The van der Waals surface area contributed by atoms with E-state index in [0.717, 1.165) is 17.7 Å². The monoisotopic (exact) mass is 231 g/mol. The summed E-state index contributed by atoms with van der Waals surface area (Å²) in [7, 11) is 0. The Kier molecular flexibility index (Phi) is 5.85. The highest BCUT2D eigenvalue weighted by molar-refractivity contribution is 5.86. The maximum Gasteiger partial charge on any atom is 0.419 e. The number of carboxylic acid groups (broad SMARTS) is 1. The Bertz CT molecular complexity index is 245. The molecule has 0 aromatic rings. The van der Waals surface area contributed by atoms with Crippen molar-refractivity contribution in [3.05, 3.63) is 0 Å². The van der Waals surface area contributed by atoms with Gasteiger partial charge in [-0.3, -0.25) is 0 Å². The average molecular weight is 231 g/mol. The molecule has 0 aromatic heterocycles. The van der Waals surface area contributed by atoms with Gasteiger partial charge in [0, 0.05) is 6.54 Å². The Hall–Kier alpha value is -1.26. The standard InChI is InChI=1S/C11H21NO4/c1-5-6-7-8-12(9(13)14)10(15)16-11(2,3)4/h5-8H2,1-4H3,(H,13,14). The number of hydrogen-bond donors (Lipinski definition) is 1. The quantitative estimate of drug-likeness (QED) is 0.755. The van der Waals surface area contributed by atoms with E-state index in [1.165, 1.54) is 0 Å². The number of ether oxygens (including phenoxy) is 1. The van der Waals surface area contributed by atoms with E-state index >= 15 is 0 Å². The van der Waals surface area contributed by atoms with E-state index in [4.69, 9.17) is 9.84 Å². The highest BCUT2D eigenvalue weighted by Gasteiger charge is 2.26. The summed E-state index contributed by atoms with van der Waals surface area (Å²) in [4.78, 5) is 23.1. The Balaban J connectivity index is 4.31. The van der Waals surface area contributed by atoms with Gasteiger partial charge in [0.05, 0.1) is 0 Å². The van der Waals surface area contributed by atoms with Crippen LogP contribution in [-0.4, -0.2) is 34.3 Å². The van der Waals surface area contributed by atoms with Crippen LogP contribution in [0.1, 0.15) is 47.0 Å². The zero-order chi connectivity index (χ0) is 12.8. The molecule has 0 heterocycles. The van der Waals surface area contributed by atoms with Gasteiger partial charge in [0.1, 0.15) is 5.60 Å². The molecule has 5 heteroatoms. The van der Waals surface area contributed by atoms with Gasteiger partial charge in [0.2, 0.25) is 0 Å². The molecule has 16 heavy (non-hydrogen) atoms. The van der Waals surface area contributed by atoms with Gasteiger partial charge in [0.15, 0.2) is 0 Å². The van der Waals surface area contributed by atoms with E-state index in [1.807, 2.05) is 6.92 Å². The molecule has 0 unspecified atom stereocenters. The Labute approximate surface area is 96.4 Å². The third-order valence-electron chi connectivity index (χ3n) is 1.83. The maximum absolute atomic E-state index is 11.5. The Morgan fingerprint density at radius 2 is 1.81 bits per heavy atom. The molecule has 0 aliphatic carbocycles. The second kappa shape index (κ2) is 6.35. The predicted molar refractivity (Wildman–Crippen MR) is 60.5 cm³/mol. The summed E-state index contributed by atoms with van der Waals surface area (Å²) in [5.74, 6) is 0. The summed E-state index contributed by atoms with van der Waals surface area (Å²) in [6.45, 7) is 7.32. The normalized spacial score (nSPS) is 11.0. The van der Waals surface area contributed by atoms with Crippen molar-refractivity contribution in [2.24, 2.45) is 0 Å². The lowest BCUT2D eigenvalue weighted by molar-refractivity contribution is 0.0267. The van der Waals surface area contributed by atoms with Crippen LogP contribution in [0.25, 0.3) is 0 Å². The lowest BCUT2D eigenvalue weighted by Crippen LogP contribution is -2.40. The van der Waals surface area contributed by atoms with E-state index in [9.17, 15) is 9.59 Å². The third kappa shape index (κ3) is 6.27. The fourth-order valence-corrected chi connectivity index (χ4v) is 1.10. The predicted octanol–water partition coefficient (Wildman–Crippen LogP) is 3.09. The van der Waals surface area contributed by atoms with Crippen LogP contribution in [-0.2, 0) is 4.74 Å². The number of unbranched alkanes of at least 4 members (excludes halogenated alkanes) is 2. The molecular formula is C11H21NO4. The minimum Gasteiger partial charge on any atom is -0.465 e. The number of carbonyl (C=O) groups excluding carboxylic acids is 1. The molecule has 1 N–H and O–H groups in total. The van der Waals surface area contributed by atoms with Crippen molar-refractivity contribution in [1.82, 2.24) is 4.90 Å². The first-order valence-corrected chi connectivity index (χ1v) is 5.51. The Morgan fingerprint density at radius 3 is 2.19 bits per heavy atom. The summed E-state index contributed by atoms with van der Waals surface area (Å²) >= 11 is 0. The molecule has 0 radical (unpaired) electrons. The summed E-state index contributed by atoms with van der Waals surface area (Å²) in [5, 5.41) is 8.86. The number of rotatable bonds is 4. The van der Waals surface area contributed by atoms with Gasteiger partial charge in [0.25, 0.3) is 0 Å². The van der Waals surface area contributed by atoms with Gasteiger partial charge < -0.3 is 9.84 Å². The number of carbonyl (C=O) groups is 2. The van der Waals surface area contributed by atoms with E-state index < -0.39 is 17.8 Å². The molecule has 0 bridgehead atoms. The van der Waals surface area contributed by atoms with Crippen molar-refractivity contribution in [3.63, 3.8) is 0 Å². The fourth-order valence-electron chi connectivity index (χ4n) is 1.10. The number of nitrogens with zero attached hydrogens (tertiary/aromatic N) is 1. The second-order valence-electron chi connectivity index (χ2n) is 4.62. The molecule has 0 fully saturated rings. The smallest absolute Gasteiger partial charge is 0.419 e. The van der Waals surface area contributed by atoms with Crippen molar-refractivity contribution in [1.29, 1.82) is 0 Å². The zero-order valence-electron chi connectivity index (χ0n) is 10.4. The van der Waals surface area contributed by atoms with Gasteiger partial charge >= 0.3 is 12.2 Å². The molecule has 0 saturated carbocycles. The number of hydrogen-bond acceptors (Lipinski definition) is 3. The minimum absolute atomic E-state index is 0.193. The minimum atomic E-state index is -1.26. The van der Waals surface area contributed by atoms with E-state index in [2.05, 4.69) is 0 Å². The van der Waals surface area contributed by atoms with Crippen LogP contribution >= 0.6 is 0 Å². The van der Waals surface area contributed by atoms with Gasteiger partial charge in [-0.05, 0) is 27.2 Å². The van der Waals surface area contributed by atoms with E-state index in [0.29, 0.717) is 6.42 Å². The molecule has 0 rings (SSSR count). The molecule has 0 atom stereocenters. The average Bonchev–Trinajstić information content (AvgIpc) is 2.08. The first-order chi connectivity index (χ1) is 7.28. The van der Waals surface area contributed by atoms with Crippen LogP contribution in [0.2, 0.25) is 0 Å². The molecule has 0 aromatic carbocycles. The molecule has 0 spiro atoms. The number of imide groups is 1. The van der Waals surface area contributed by atoms with Crippen molar-refractivity contribution in [3.8, 4) is 0 Å². The van der Waals surface area contributed by atoms with E-state index in [-0.39, 0.29) is 6.54 Å². The lowest BCUT2D eigenvalue weighted by atomic mass is 10.2. The van der Waals surface area contributed by atoms with Crippen molar-refractivity contribution < 1.29 is 19.4 Å². The van der Waals surface area contributed by atoms with Crippen LogP contribution < -0.4 is 0 Å². The first kappa shape index (κ1) is 14.7. The van der Waals surface area contributed by atoms with Crippen LogP contribution in [0.4, 0.5) is 9.59 Å². The first-order valence-electron chi connectivity index (χ1n) is 5.51.